The van der Waals surface area contributed by atoms with Crippen LogP contribution in [0.5, 0.6) is 11.5 Å². The van der Waals surface area contributed by atoms with Crippen LogP contribution in [0.1, 0.15) is 6.42 Å². The molecule has 1 rings (SSSR count). The van der Waals surface area contributed by atoms with Crippen LogP contribution in [0.4, 0.5) is 10.1 Å². The van der Waals surface area contributed by atoms with Crippen molar-refractivity contribution in [1.29, 1.82) is 0 Å². The van der Waals surface area contributed by atoms with Crippen LogP contribution in [0.3, 0.4) is 0 Å². The second-order valence-electron chi connectivity index (χ2n) is 3.10. The van der Waals surface area contributed by atoms with Crippen LogP contribution in [-0.2, 0) is 0 Å². The highest BCUT2D eigenvalue weighted by Crippen LogP contribution is 2.33. The molecule has 0 amide bonds. The molecular formula is C10H11ClFNO4. The molecule has 1 aromatic carbocycles. The smallest absolute Gasteiger partial charge is 0.308 e. The number of rotatable bonds is 6. The monoisotopic (exact) mass is 263 g/mol. The molecule has 0 saturated carbocycles. The summed E-state index contributed by atoms with van der Waals surface area (Å²) in [6, 6.07) is 1.93. The maximum atomic E-state index is 13.3. The standard InChI is InChI=1S/C10H11ClFNO4/c1-16-9-5-7(12)8(13(14)15)6-10(9)17-4-2-3-11/h5-6H,2-4H2,1H3. The fourth-order valence-corrected chi connectivity index (χ4v) is 1.28. The average molecular weight is 264 g/mol. The first-order chi connectivity index (χ1) is 8.10. The Morgan fingerprint density at radius 1 is 1.47 bits per heavy atom. The molecule has 1 aromatic rings. The number of hydrogen-bond donors (Lipinski definition) is 0. The SMILES string of the molecule is COc1cc(F)c([N+](=O)[O-])cc1OCCCCl. The van der Waals surface area contributed by atoms with Crippen molar-refractivity contribution < 1.29 is 18.8 Å². The van der Waals surface area contributed by atoms with Crippen LogP contribution in [0.2, 0.25) is 0 Å². The molecule has 0 N–H and O–H groups in total. The van der Waals surface area contributed by atoms with E-state index in [4.69, 9.17) is 21.1 Å². The first-order valence-electron chi connectivity index (χ1n) is 4.80. The van der Waals surface area contributed by atoms with E-state index >= 15 is 0 Å². The minimum Gasteiger partial charge on any atom is -0.493 e. The molecule has 0 unspecified atom stereocenters. The molecule has 0 saturated heterocycles. The van der Waals surface area contributed by atoms with E-state index in [1.54, 1.807) is 0 Å². The Kier molecular flexibility index (Phi) is 4.96. The predicted molar refractivity (Wildman–Crippen MR) is 60.4 cm³/mol. The molecular weight excluding hydrogens is 253 g/mol. The molecule has 5 nitrogen and oxygen atoms in total. The van der Waals surface area contributed by atoms with Crippen molar-refractivity contribution in [1.82, 2.24) is 0 Å². The molecule has 0 aliphatic carbocycles. The van der Waals surface area contributed by atoms with Crippen molar-refractivity contribution in [2.75, 3.05) is 19.6 Å². The van der Waals surface area contributed by atoms with Crippen LogP contribution in [0.25, 0.3) is 0 Å². The van der Waals surface area contributed by atoms with E-state index in [0.29, 0.717) is 12.3 Å². The zero-order chi connectivity index (χ0) is 12.8. The summed E-state index contributed by atoms with van der Waals surface area (Å²) in [6.45, 7) is 0.280. The second-order valence-corrected chi connectivity index (χ2v) is 3.48. The van der Waals surface area contributed by atoms with Gasteiger partial charge < -0.3 is 9.47 Å². The molecule has 0 atom stereocenters. The number of halogens is 2. The van der Waals surface area contributed by atoms with E-state index < -0.39 is 16.4 Å². The van der Waals surface area contributed by atoms with E-state index in [1.165, 1.54) is 7.11 Å². The van der Waals surface area contributed by atoms with Gasteiger partial charge in [0.05, 0.1) is 24.7 Å². The van der Waals surface area contributed by atoms with Gasteiger partial charge in [0.2, 0.25) is 5.82 Å². The van der Waals surface area contributed by atoms with Gasteiger partial charge in [0, 0.05) is 11.9 Å². The van der Waals surface area contributed by atoms with Crippen LogP contribution in [0, 0.1) is 15.9 Å². The molecule has 0 aliphatic rings. The van der Waals surface area contributed by atoms with Crippen LogP contribution in [-0.4, -0.2) is 24.5 Å². The number of nitro groups is 1. The topological polar surface area (TPSA) is 61.6 Å². The highest BCUT2D eigenvalue weighted by atomic mass is 35.5. The Balaban J connectivity index is 2.99. The van der Waals surface area contributed by atoms with Gasteiger partial charge in [-0.05, 0) is 6.42 Å². The van der Waals surface area contributed by atoms with Crippen molar-refractivity contribution in [2.45, 2.75) is 6.42 Å². The number of methoxy groups -OCH3 is 1. The Labute approximate surface area is 102 Å². The van der Waals surface area contributed by atoms with Crippen molar-refractivity contribution in [2.24, 2.45) is 0 Å². The summed E-state index contributed by atoms with van der Waals surface area (Å²) in [4.78, 5) is 9.74. The number of hydrogen-bond acceptors (Lipinski definition) is 4. The lowest BCUT2D eigenvalue weighted by Gasteiger charge is -2.10. The molecule has 0 aliphatic heterocycles. The number of nitro benzene ring substituents is 1. The van der Waals surface area contributed by atoms with Gasteiger partial charge >= 0.3 is 5.69 Å². The molecule has 0 bridgehead atoms. The summed E-state index contributed by atoms with van der Waals surface area (Å²) in [5.41, 5.74) is -0.647. The molecule has 0 fully saturated rings. The highest BCUT2D eigenvalue weighted by Gasteiger charge is 2.19. The summed E-state index contributed by atoms with van der Waals surface area (Å²) < 4.78 is 23.4. The largest absolute Gasteiger partial charge is 0.493 e. The summed E-state index contributed by atoms with van der Waals surface area (Å²) >= 11 is 5.47. The molecule has 0 aromatic heterocycles. The van der Waals surface area contributed by atoms with E-state index in [2.05, 4.69) is 0 Å². The van der Waals surface area contributed by atoms with E-state index in [0.717, 1.165) is 12.1 Å². The van der Waals surface area contributed by atoms with Crippen molar-refractivity contribution in [3.8, 4) is 11.5 Å². The Morgan fingerprint density at radius 2 is 2.18 bits per heavy atom. The lowest BCUT2D eigenvalue weighted by atomic mass is 10.2. The highest BCUT2D eigenvalue weighted by molar-refractivity contribution is 6.17. The second kappa shape index (κ2) is 6.24. The van der Waals surface area contributed by atoms with Gasteiger partial charge in [-0.1, -0.05) is 0 Å². The van der Waals surface area contributed by atoms with Gasteiger partial charge in [-0.2, -0.15) is 4.39 Å². The van der Waals surface area contributed by atoms with Gasteiger partial charge in [0.25, 0.3) is 0 Å². The number of nitrogens with zero attached hydrogens (tertiary/aromatic N) is 1. The minimum atomic E-state index is -0.962. The zero-order valence-electron chi connectivity index (χ0n) is 9.11. The van der Waals surface area contributed by atoms with E-state index in [9.17, 15) is 14.5 Å². The average Bonchev–Trinajstić information content (AvgIpc) is 2.30. The molecule has 0 spiro atoms. The van der Waals surface area contributed by atoms with Crippen LogP contribution >= 0.6 is 11.6 Å². The Bertz CT molecular complexity index is 414. The fourth-order valence-electron chi connectivity index (χ4n) is 1.17. The van der Waals surface area contributed by atoms with Gasteiger partial charge in [0.15, 0.2) is 11.5 Å². The predicted octanol–water partition coefficient (Wildman–Crippen LogP) is 2.75. The number of ether oxygens (including phenoxy) is 2. The van der Waals surface area contributed by atoms with Crippen LogP contribution < -0.4 is 9.47 Å². The third-order valence-electron chi connectivity index (χ3n) is 1.97. The lowest BCUT2D eigenvalue weighted by molar-refractivity contribution is -0.387. The molecule has 94 valence electrons. The first kappa shape index (κ1) is 13.5. The first-order valence-corrected chi connectivity index (χ1v) is 5.34. The third kappa shape index (κ3) is 3.45. The van der Waals surface area contributed by atoms with Gasteiger partial charge in [-0.15, -0.1) is 11.6 Å². The molecule has 0 radical (unpaired) electrons. The fraction of sp³-hybridized carbons (Fsp3) is 0.400. The van der Waals surface area contributed by atoms with E-state index in [1.807, 2.05) is 0 Å². The summed E-state index contributed by atoms with van der Waals surface area (Å²) in [5.74, 6) is -0.309. The molecule has 7 heteroatoms. The van der Waals surface area contributed by atoms with Crippen LogP contribution in [0.15, 0.2) is 12.1 Å². The molecule has 17 heavy (non-hydrogen) atoms. The van der Waals surface area contributed by atoms with Gasteiger partial charge in [-0.25, -0.2) is 0 Å². The number of alkyl halides is 1. The Hall–Kier alpha value is -1.56. The third-order valence-corrected chi connectivity index (χ3v) is 2.23. The maximum absolute atomic E-state index is 13.3. The van der Waals surface area contributed by atoms with Gasteiger partial charge in [0.1, 0.15) is 0 Å². The zero-order valence-corrected chi connectivity index (χ0v) is 9.87. The lowest BCUT2D eigenvalue weighted by Crippen LogP contribution is -2.02. The van der Waals surface area contributed by atoms with E-state index in [-0.39, 0.29) is 18.1 Å². The van der Waals surface area contributed by atoms with Crippen molar-refractivity contribution >= 4 is 17.3 Å². The molecule has 0 heterocycles. The van der Waals surface area contributed by atoms with Crippen molar-refractivity contribution in [3.63, 3.8) is 0 Å². The van der Waals surface area contributed by atoms with Crippen molar-refractivity contribution in [3.05, 3.63) is 28.1 Å². The van der Waals surface area contributed by atoms with Gasteiger partial charge in [-0.3, -0.25) is 10.1 Å². The summed E-state index contributed by atoms with van der Waals surface area (Å²) in [7, 11) is 1.33. The maximum Gasteiger partial charge on any atom is 0.308 e. The normalized spacial score (nSPS) is 10.1. The summed E-state index contributed by atoms with van der Waals surface area (Å²) in [6.07, 6.45) is 0.579. The Morgan fingerprint density at radius 3 is 2.71 bits per heavy atom. The summed E-state index contributed by atoms with van der Waals surface area (Å²) in [5, 5.41) is 10.6. The number of benzene rings is 1. The minimum absolute atomic E-state index is 0.114. The quantitative estimate of drug-likeness (QED) is 0.343.